The molecule has 1 aliphatic carbocycles. The number of hydrogen-bond acceptors (Lipinski definition) is 7. The molecule has 3 unspecified atom stereocenters. The number of aliphatic hydroxyl groups is 1. The molecular formula is C24H28FN5O6. The number of aromatic hydroxyl groups is 1. The zero-order valence-electron chi connectivity index (χ0n) is 20.0. The van der Waals surface area contributed by atoms with Crippen molar-refractivity contribution >= 4 is 17.7 Å². The number of rotatable bonds is 5. The molecule has 3 aliphatic rings. The van der Waals surface area contributed by atoms with E-state index >= 15 is 0 Å². The molecule has 3 atom stereocenters. The maximum absolute atomic E-state index is 13.4. The molecule has 2 bridgehead atoms. The minimum Gasteiger partial charge on any atom is -0.501 e. The summed E-state index contributed by atoms with van der Waals surface area (Å²) in [5.41, 5.74) is -0.461. The van der Waals surface area contributed by atoms with Crippen molar-refractivity contribution in [2.45, 2.75) is 50.9 Å². The Bertz CT molecular complexity index is 1280. The van der Waals surface area contributed by atoms with Gasteiger partial charge >= 0.3 is 11.8 Å². The van der Waals surface area contributed by atoms with Gasteiger partial charge in [0, 0.05) is 39.1 Å². The molecule has 0 radical (unpaired) electrons. The van der Waals surface area contributed by atoms with E-state index in [9.17, 15) is 33.8 Å². The maximum Gasteiger partial charge on any atom is 0.311 e. The number of fused-ring (bicyclic) bond motifs is 2. The number of aliphatic hydroxyl groups excluding tert-OH is 1. The first kappa shape index (κ1) is 25.3. The van der Waals surface area contributed by atoms with Gasteiger partial charge in [0.05, 0.1) is 6.61 Å². The van der Waals surface area contributed by atoms with Gasteiger partial charge in [0.25, 0.3) is 11.5 Å². The lowest BCUT2D eigenvalue weighted by Gasteiger charge is -2.32. The first-order valence-electron chi connectivity index (χ1n) is 11.6. The standard InChI is InChI=1S/C24H28FN5O6/c1-29(2)24(36)22(34)27-17-7-12-3-6-16(17)20-28-18(19(32)23(35)30(20)10-12)21(33)26-9-13-4-5-15(25)8-14(13)11-31/h4-5,8,12,16-17,31-32H,3,6-7,9-11H2,1-2H3,(H,26,33)(H,27,34). The predicted molar refractivity (Wildman–Crippen MR) is 124 cm³/mol. The van der Waals surface area contributed by atoms with E-state index in [-0.39, 0.29) is 30.4 Å². The highest BCUT2D eigenvalue weighted by Crippen LogP contribution is 2.39. The third kappa shape index (κ3) is 4.81. The molecule has 3 heterocycles. The van der Waals surface area contributed by atoms with Crippen LogP contribution in [-0.2, 0) is 29.3 Å². The van der Waals surface area contributed by atoms with Crippen LogP contribution in [-0.4, -0.2) is 62.5 Å². The van der Waals surface area contributed by atoms with Gasteiger partial charge in [0.1, 0.15) is 11.6 Å². The van der Waals surface area contributed by atoms with E-state index in [1.165, 1.54) is 35.7 Å². The number of carbonyl (C=O) groups is 3. The van der Waals surface area contributed by atoms with E-state index in [4.69, 9.17) is 0 Å². The topological polar surface area (TPSA) is 154 Å². The van der Waals surface area contributed by atoms with Gasteiger partial charge in [-0.1, -0.05) is 6.07 Å². The van der Waals surface area contributed by atoms with Crippen molar-refractivity contribution in [1.29, 1.82) is 0 Å². The Morgan fingerprint density at radius 1 is 1.22 bits per heavy atom. The van der Waals surface area contributed by atoms with Crippen molar-refractivity contribution in [3.8, 4) is 5.75 Å². The van der Waals surface area contributed by atoms with Gasteiger partial charge in [-0.2, -0.15) is 0 Å². The Morgan fingerprint density at radius 3 is 2.67 bits per heavy atom. The van der Waals surface area contributed by atoms with Gasteiger partial charge in [-0.3, -0.25) is 23.7 Å². The van der Waals surface area contributed by atoms with Gasteiger partial charge in [-0.25, -0.2) is 9.37 Å². The van der Waals surface area contributed by atoms with Crippen molar-refractivity contribution in [2.75, 3.05) is 14.1 Å². The number of amides is 3. The van der Waals surface area contributed by atoms with E-state index in [0.717, 1.165) is 12.5 Å². The van der Waals surface area contributed by atoms with Gasteiger partial charge in [0.2, 0.25) is 5.75 Å². The highest BCUT2D eigenvalue weighted by molar-refractivity contribution is 6.34. The van der Waals surface area contributed by atoms with Gasteiger partial charge < -0.3 is 25.7 Å². The molecule has 1 fully saturated rings. The van der Waals surface area contributed by atoms with Gasteiger partial charge in [-0.05, 0) is 48.4 Å². The van der Waals surface area contributed by atoms with Crippen LogP contribution in [0.5, 0.6) is 5.75 Å². The summed E-state index contributed by atoms with van der Waals surface area (Å²) in [5, 5.41) is 25.3. The number of aromatic nitrogens is 2. The van der Waals surface area contributed by atoms with Crippen LogP contribution in [0.2, 0.25) is 0 Å². The zero-order valence-corrected chi connectivity index (χ0v) is 20.0. The molecule has 36 heavy (non-hydrogen) atoms. The minimum atomic E-state index is -0.816. The van der Waals surface area contributed by atoms with E-state index < -0.39 is 59.1 Å². The Hall–Kier alpha value is -3.80. The molecule has 5 rings (SSSR count). The second-order valence-electron chi connectivity index (χ2n) is 9.40. The lowest BCUT2D eigenvalue weighted by atomic mass is 9.79. The molecule has 4 N–H and O–H groups in total. The van der Waals surface area contributed by atoms with Crippen LogP contribution >= 0.6 is 0 Å². The Balaban J connectivity index is 1.62. The summed E-state index contributed by atoms with van der Waals surface area (Å²) in [6, 6.07) is 3.30. The molecule has 2 aromatic rings. The molecule has 0 saturated heterocycles. The average Bonchev–Trinajstić information content (AvgIpc) is 3.12. The second kappa shape index (κ2) is 10.1. The highest BCUT2D eigenvalue weighted by atomic mass is 19.1. The van der Waals surface area contributed by atoms with Gasteiger partial charge in [0.15, 0.2) is 5.69 Å². The Morgan fingerprint density at radius 2 is 1.97 bits per heavy atom. The fraction of sp³-hybridized carbons (Fsp3) is 0.458. The number of nitrogens with zero attached hydrogens (tertiary/aromatic N) is 3. The Kier molecular flexibility index (Phi) is 7.07. The summed E-state index contributed by atoms with van der Waals surface area (Å²) in [4.78, 5) is 56.0. The molecule has 0 spiro atoms. The molecule has 1 aromatic heterocycles. The van der Waals surface area contributed by atoms with Crippen LogP contribution in [0.15, 0.2) is 23.0 Å². The fourth-order valence-electron chi connectivity index (χ4n) is 4.94. The average molecular weight is 502 g/mol. The van der Waals surface area contributed by atoms with Crippen molar-refractivity contribution in [1.82, 2.24) is 25.1 Å². The number of nitrogens with one attached hydrogen (secondary N) is 2. The molecule has 1 aromatic carbocycles. The first-order valence-corrected chi connectivity index (χ1v) is 11.6. The second-order valence-corrected chi connectivity index (χ2v) is 9.40. The van der Waals surface area contributed by atoms with Crippen molar-refractivity contribution in [3.63, 3.8) is 0 Å². The molecule has 12 heteroatoms. The number of likely N-dealkylation sites (N-methyl/N-ethyl adjacent to an activating group) is 1. The summed E-state index contributed by atoms with van der Waals surface area (Å²) in [6.07, 6.45) is 1.87. The van der Waals surface area contributed by atoms with Crippen LogP contribution in [0.4, 0.5) is 4.39 Å². The SMILES string of the molecule is CN(C)C(=O)C(=O)NC1CC2CCC1c1nc(C(=O)NCc3ccc(F)cc3CO)c(O)c(=O)n1C2. The van der Waals surface area contributed by atoms with Crippen LogP contribution in [0.1, 0.15) is 52.6 Å². The highest BCUT2D eigenvalue weighted by Gasteiger charge is 2.41. The van der Waals surface area contributed by atoms with Crippen LogP contribution in [0.3, 0.4) is 0 Å². The maximum atomic E-state index is 13.4. The third-order valence-electron chi connectivity index (χ3n) is 6.82. The number of carbonyl (C=O) groups excluding carboxylic acids is 3. The number of halogens is 1. The molecule has 2 aliphatic heterocycles. The summed E-state index contributed by atoms with van der Waals surface area (Å²) in [7, 11) is 2.95. The van der Waals surface area contributed by atoms with Crippen molar-refractivity contribution < 1.29 is 29.0 Å². The van der Waals surface area contributed by atoms with E-state index in [0.29, 0.717) is 18.4 Å². The minimum absolute atomic E-state index is 0.0243. The predicted octanol–water partition coefficient (Wildman–Crippen LogP) is -0.0194. The molecule has 11 nitrogen and oxygen atoms in total. The summed E-state index contributed by atoms with van der Waals surface area (Å²) in [5.74, 6) is -3.74. The summed E-state index contributed by atoms with van der Waals surface area (Å²) < 4.78 is 14.8. The van der Waals surface area contributed by atoms with Crippen molar-refractivity contribution in [2.24, 2.45) is 5.92 Å². The number of benzene rings is 1. The zero-order chi connectivity index (χ0) is 26.1. The van der Waals surface area contributed by atoms with Crippen LogP contribution in [0, 0.1) is 11.7 Å². The quantitative estimate of drug-likeness (QED) is 0.420. The van der Waals surface area contributed by atoms with E-state index in [1.54, 1.807) is 0 Å². The molecular weight excluding hydrogens is 473 g/mol. The summed E-state index contributed by atoms with van der Waals surface area (Å²) in [6.45, 7) is -0.249. The fourth-order valence-corrected chi connectivity index (χ4v) is 4.94. The van der Waals surface area contributed by atoms with Crippen LogP contribution in [0.25, 0.3) is 0 Å². The van der Waals surface area contributed by atoms with Crippen molar-refractivity contribution in [3.05, 3.63) is 57.0 Å². The third-order valence-corrected chi connectivity index (χ3v) is 6.82. The number of hydrogen-bond donors (Lipinski definition) is 4. The van der Waals surface area contributed by atoms with E-state index in [1.807, 2.05) is 0 Å². The monoisotopic (exact) mass is 501 g/mol. The molecule has 3 amide bonds. The van der Waals surface area contributed by atoms with Gasteiger partial charge in [-0.15, -0.1) is 0 Å². The van der Waals surface area contributed by atoms with Crippen LogP contribution < -0.4 is 16.2 Å². The smallest absolute Gasteiger partial charge is 0.311 e. The normalized spacial score (nSPS) is 20.3. The lowest BCUT2D eigenvalue weighted by Crippen LogP contribution is -2.48. The first-order chi connectivity index (χ1) is 17.1. The largest absolute Gasteiger partial charge is 0.501 e. The molecule has 192 valence electrons. The van der Waals surface area contributed by atoms with E-state index in [2.05, 4.69) is 15.6 Å². The lowest BCUT2D eigenvalue weighted by molar-refractivity contribution is -0.144. The Labute approximate surface area is 205 Å². The summed E-state index contributed by atoms with van der Waals surface area (Å²) >= 11 is 0. The molecule has 1 saturated carbocycles.